The number of carbonyl (C=O) groups excluding carboxylic acids is 1. The zero-order valence-electron chi connectivity index (χ0n) is 11.8. The molecule has 0 bridgehead atoms. The van der Waals surface area contributed by atoms with Gasteiger partial charge in [0.05, 0.1) is 24.6 Å². The third-order valence-electron chi connectivity index (χ3n) is 4.34. The fourth-order valence-corrected chi connectivity index (χ4v) is 3.16. The molecule has 1 amide bonds. The van der Waals surface area contributed by atoms with E-state index in [-0.39, 0.29) is 30.5 Å². The van der Waals surface area contributed by atoms with E-state index < -0.39 is 12.0 Å². The van der Waals surface area contributed by atoms with Gasteiger partial charge in [0.25, 0.3) is 0 Å². The maximum atomic E-state index is 12.3. The second-order valence-corrected chi connectivity index (χ2v) is 5.63. The summed E-state index contributed by atoms with van der Waals surface area (Å²) in [6, 6.07) is 1.40. The number of carbonyl (C=O) groups is 2. The molecule has 21 heavy (non-hydrogen) atoms. The number of carboxylic acids is 1. The van der Waals surface area contributed by atoms with E-state index in [1.165, 1.54) is 4.90 Å². The lowest BCUT2D eigenvalue weighted by Gasteiger charge is -2.25. The van der Waals surface area contributed by atoms with E-state index in [1.807, 2.05) is 0 Å². The maximum Gasteiger partial charge on any atom is 0.306 e. The second-order valence-electron chi connectivity index (χ2n) is 5.63. The van der Waals surface area contributed by atoms with Crippen LogP contribution in [0.25, 0.3) is 0 Å². The van der Waals surface area contributed by atoms with Gasteiger partial charge >= 0.3 is 5.97 Å². The lowest BCUT2D eigenvalue weighted by atomic mass is 10.1. The highest BCUT2D eigenvalue weighted by Crippen LogP contribution is 2.26. The standard InChI is InChI=1S/C15H19N3O3/c1-2-12-5-6-13(8-16)18(12)14(19)9-17-11-4-3-10(7-11)15(20)21/h1,10-13,17H,3-7,9H2,(H,20,21)/t10-,11+,12-,13-/m0/s1. The van der Waals surface area contributed by atoms with Gasteiger partial charge in [0.1, 0.15) is 6.04 Å². The van der Waals surface area contributed by atoms with Crippen LogP contribution in [0.3, 0.4) is 0 Å². The molecule has 0 radical (unpaired) electrons. The van der Waals surface area contributed by atoms with Gasteiger partial charge in [0.2, 0.25) is 5.91 Å². The summed E-state index contributed by atoms with van der Waals surface area (Å²) in [5.74, 6) is 1.28. The third-order valence-corrected chi connectivity index (χ3v) is 4.34. The summed E-state index contributed by atoms with van der Waals surface area (Å²) in [6.45, 7) is 0.105. The van der Waals surface area contributed by atoms with E-state index in [2.05, 4.69) is 17.3 Å². The molecule has 0 spiro atoms. The molecule has 2 N–H and O–H groups in total. The van der Waals surface area contributed by atoms with Gasteiger partial charge in [-0.05, 0) is 32.1 Å². The van der Waals surface area contributed by atoms with Gasteiger partial charge in [0, 0.05) is 6.04 Å². The van der Waals surface area contributed by atoms with Crippen molar-refractivity contribution in [2.75, 3.05) is 6.54 Å². The Morgan fingerprint density at radius 3 is 2.57 bits per heavy atom. The van der Waals surface area contributed by atoms with Gasteiger partial charge < -0.3 is 15.3 Å². The van der Waals surface area contributed by atoms with Crippen LogP contribution in [0.1, 0.15) is 32.1 Å². The molecule has 2 fully saturated rings. The van der Waals surface area contributed by atoms with Crippen molar-refractivity contribution in [2.45, 2.75) is 50.2 Å². The fraction of sp³-hybridized carbons (Fsp3) is 0.667. The zero-order valence-corrected chi connectivity index (χ0v) is 11.8. The summed E-state index contributed by atoms with van der Waals surface area (Å²) in [6.07, 6.45) is 8.62. The quantitative estimate of drug-likeness (QED) is 0.728. The monoisotopic (exact) mass is 289 g/mol. The molecular weight excluding hydrogens is 270 g/mol. The highest BCUT2D eigenvalue weighted by atomic mass is 16.4. The van der Waals surface area contributed by atoms with Crippen LogP contribution in [0.4, 0.5) is 0 Å². The summed E-state index contributed by atoms with van der Waals surface area (Å²) >= 11 is 0. The molecule has 2 rings (SSSR count). The van der Waals surface area contributed by atoms with Crippen LogP contribution in [-0.2, 0) is 9.59 Å². The summed E-state index contributed by atoms with van der Waals surface area (Å²) in [5.41, 5.74) is 0. The predicted molar refractivity (Wildman–Crippen MR) is 74.9 cm³/mol. The average Bonchev–Trinajstić information content (AvgIpc) is 3.10. The van der Waals surface area contributed by atoms with Gasteiger partial charge in [-0.25, -0.2) is 0 Å². The number of carboxylic acid groups (broad SMARTS) is 1. The van der Waals surface area contributed by atoms with Crippen molar-refractivity contribution in [1.82, 2.24) is 10.2 Å². The number of aliphatic carboxylic acids is 1. The molecule has 0 aromatic rings. The summed E-state index contributed by atoms with van der Waals surface area (Å²) in [7, 11) is 0. The second kappa shape index (κ2) is 6.60. The first-order valence-corrected chi connectivity index (χ1v) is 7.20. The van der Waals surface area contributed by atoms with Gasteiger partial charge in [-0.1, -0.05) is 5.92 Å². The Kier molecular flexibility index (Phi) is 4.82. The molecule has 1 saturated heterocycles. The number of hydrogen-bond acceptors (Lipinski definition) is 4. The third kappa shape index (κ3) is 3.34. The number of likely N-dealkylation sites (tertiary alicyclic amines) is 1. The Hall–Kier alpha value is -2.05. The van der Waals surface area contributed by atoms with Crippen LogP contribution in [0.5, 0.6) is 0 Å². The van der Waals surface area contributed by atoms with E-state index in [1.54, 1.807) is 0 Å². The molecule has 2 aliphatic rings. The lowest BCUT2D eigenvalue weighted by Crippen LogP contribution is -2.46. The minimum absolute atomic E-state index is 0.0440. The first kappa shape index (κ1) is 15.3. The summed E-state index contributed by atoms with van der Waals surface area (Å²) < 4.78 is 0. The average molecular weight is 289 g/mol. The first-order chi connectivity index (χ1) is 10.1. The number of amides is 1. The molecule has 0 unspecified atom stereocenters. The molecule has 6 heteroatoms. The van der Waals surface area contributed by atoms with Crippen molar-refractivity contribution in [3.8, 4) is 18.4 Å². The number of rotatable bonds is 4. The van der Waals surface area contributed by atoms with Gasteiger partial charge in [0.15, 0.2) is 0 Å². The number of nitrogens with one attached hydrogen (secondary N) is 1. The molecule has 4 atom stereocenters. The Labute approximate surface area is 124 Å². The number of hydrogen-bond donors (Lipinski definition) is 2. The lowest BCUT2D eigenvalue weighted by molar-refractivity contribution is -0.141. The highest BCUT2D eigenvalue weighted by Gasteiger charge is 2.36. The van der Waals surface area contributed by atoms with E-state index in [0.29, 0.717) is 25.7 Å². The molecule has 0 aromatic carbocycles. The Bertz CT molecular complexity index is 483. The molecule has 0 aromatic heterocycles. The molecule has 1 saturated carbocycles. The van der Waals surface area contributed by atoms with E-state index >= 15 is 0 Å². The molecular formula is C15H19N3O3. The summed E-state index contributed by atoms with van der Waals surface area (Å²) in [5, 5.41) is 21.1. The van der Waals surface area contributed by atoms with Crippen molar-refractivity contribution in [2.24, 2.45) is 5.92 Å². The molecule has 6 nitrogen and oxygen atoms in total. The number of terminal acetylenes is 1. The zero-order chi connectivity index (χ0) is 15.4. The van der Waals surface area contributed by atoms with Gasteiger partial charge in [-0.3, -0.25) is 9.59 Å². The fourth-order valence-electron chi connectivity index (χ4n) is 3.16. The molecule has 112 valence electrons. The van der Waals surface area contributed by atoms with Crippen molar-refractivity contribution in [1.29, 1.82) is 5.26 Å². The van der Waals surface area contributed by atoms with Crippen LogP contribution >= 0.6 is 0 Å². The Morgan fingerprint density at radius 2 is 2.00 bits per heavy atom. The first-order valence-electron chi connectivity index (χ1n) is 7.20. The van der Waals surface area contributed by atoms with Gasteiger partial charge in [-0.2, -0.15) is 5.26 Å². The Morgan fingerprint density at radius 1 is 1.29 bits per heavy atom. The SMILES string of the molecule is C#C[C@H]1CC[C@@H](C#N)N1C(=O)CN[C@@H]1CC[C@H](C(=O)O)C1. The molecule has 1 aliphatic heterocycles. The minimum atomic E-state index is -0.776. The normalized spacial score (nSPS) is 31.6. The topological polar surface area (TPSA) is 93.4 Å². The van der Waals surface area contributed by atoms with Crippen molar-refractivity contribution in [3.05, 3.63) is 0 Å². The van der Waals surface area contributed by atoms with Crippen LogP contribution in [0.2, 0.25) is 0 Å². The Balaban J connectivity index is 1.86. The van der Waals surface area contributed by atoms with Crippen LogP contribution in [0.15, 0.2) is 0 Å². The minimum Gasteiger partial charge on any atom is -0.481 e. The van der Waals surface area contributed by atoms with Crippen LogP contribution in [-0.4, -0.2) is 46.6 Å². The smallest absolute Gasteiger partial charge is 0.306 e. The van der Waals surface area contributed by atoms with Crippen LogP contribution in [0, 0.1) is 29.6 Å². The molecule has 1 heterocycles. The van der Waals surface area contributed by atoms with E-state index in [9.17, 15) is 9.59 Å². The largest absolute Gasteiger partial charge is 0.481 e. The highest BCUT2D eigenvalue weighted by molar-refractivity contribution is 5.80. The van der Waals surface area contributed by atoms with Crippen molar-refractivity contribution in [3.63, 3.8) is 0 Å². The van der Waals surface area contributed by atoms with Gasteiger partial charge in [-0.15, -0.1) is 6.42 Å². The number of nitriles is 1. The molecule has 1 aliphatic carbocycles. The van der Waals surface area contributed by atoms with Crippen LogP contribution < -0.4 is 5.32 Å². The van der Waals surface area contributed by atoms with E-state index in [4.69, 9.17) is 16.8 Å². The maximum absolute atomic E-state index is 12.3. The number of nitrogens with zero attached hydrogens (tertiary/aromatic N) is 2. The predicted octanol–water partition coefficient (Wildman–Crippen LogP) is 0.346. The summed E-state index contributed by atoms with van der Waals surface area (Å²) in [4.78, 5) is 24.6. The van der Waals surface area contributed by atoms with Crippen molar-refractivity contribution < 1.29 is 14.7 Å². The van der Waals surface area contributed by atoms with E-state index in [0.717, 1.165) is 6.42 Å². The van der Waals surface area contributed by atoms with Crippen molar-refractivity contribution >= 4 is 11.9 Å².